The molecule has 1 amide bonds. The number of amides is 1. The molecule has 0 bridgehead atoms. The minimum atomic E-state index is -0.292. The van der Waals surface area contributed by atoms with Crippen molar-refractivity contribution in [1.82, 2.24) is 9.88 Å². The van der Waals surface area contributed by atoms with Crippen molar-refractivity contribution in [3.05, 3.63) is 52.3 Å². The predicted octanol–water partition coefficient (Wildman–Crippen LogP) is 2.92. The molecule has 1 N–H and O–H groups in total. The first-order valence-electron chi connectivity index (χ1n) is 7.02. The minimum absolute atomic E-state index is 0.233. The molecule has 2 heterocycles. The Morgan fingerprint density at radius 2 is 2.18 bits per heavy atom. The third-order valence-electron chi connectivity index (χ3n) is 3.45. The highest BCUT2D eigenvalue weighted by molar-refractivity contribution is 7.15. The number of thiazole rings is 1. The van der Waals surface area contributed by atoms with Gasteiger partial charge in [-0.25, -0.2) is 9.37 Å². The summed E-state index contributed by atoms with van der Waals surface area (Å²) in [7, 11) is 2.08. The van der Waals surface area contributed by atoms with Gasteiger partial charge in [-0.3, -0.25) is 10.1 Å². The van der Waals surface area contributed by atoms with Gasteiger partial charge in [0, 0.05) is 30.5 Å². The summed E-state index contributed by atoms with van der Waals surface area (Å²) >= 11 is 1.52. The summed E-state index contributed by atoms with van der Waals surface area (Å²) in [6, 6.07) is 5.97. The van der Waals surface area contributed by atoms with Gasteiger partial charge in [-0.15, -0.1) is 11.3 Å². The molecular weight excluding hydrogens is 301 g/mol. The Bertz CT molecular complexity index is 709. The summed E-state index contributed by atoms with van der Waals surface area (Å²) in [4.78, 5) is 19.8. The number of fused-ring (bicyclic) bond motifs is 1. The lowest BCUT2D eigenvalue weighted by Gasteiger charge is -2.20. The zero-order chi connectivity index (χ0) is 15.5. The molecule has 3 rings (SSSR count). The highest BCUT2D eigenvalue weighted by Gasteiger charge is 2.18. The summed E-state index contributed by atoms with van der Waals surface area (Å²) < 4.78 is 12.8. The van der Waals surface area contributed by atoms with Crippen LogP contribution >= 0.6 is 11.3 Å². The van der Waals surface area contributed by atoms with Gasteiger partial charge in [-0.1, -0.05) is 12.1 Å². The van der Waals surface area contributed by atoms with Crippen LogP contribution in [0.3, 0.4) is 0 Å². The molecule has 0 fully saturated rings. The zero-order valence-electron chi connectivity index (χ0n) is 12.2. The number of likely N-dealkylation sites (N-methyl/N-ethyl adjacent to an activating group) is 1. The van der Waals surface area contributed by atoms with Crippen LogP contribution < -0.4 is 5.32 Å². The van der Waals surface area contributed by atoms with Gasteiger partial charge in [0.05, 0.1) is 5.69 Å². The largest absolute Gasteiger partial charge is 0.301 e. The zero-order valence-corrected chi connectivity index (χ0v) is 13.0. The Kier molecular flexibility index (Phi) is 4.31. The van der Waals surface area contributed by atoms with Crippen molar-refractivity contribution in [1.29, 1.82) is 0 Å². The lowest BCUT2D eigenvalue weighted by molar-refractivity contribution is -0.111. The smallest absolute Gasteiger partial charge is 0.250 e. The number of carbonyl (C=O) groups is 1. The number of hydrogen-bond acceptors (Lipinski definition) is 4. The number of aromatic nitrogens is 1. The monoisotopic (exact) mass is 317 g/mol. The maximum atomic E-state index is 12.8. The summed E-state index contributed by atoms with van der Waals surface area (Å²) in [5, 5.41) is 3.42. The van der Waals surface area contributed by atoms with E-state index in [1.807, 2.05) is 0 Å². The lowest BCUT2D eigenvalue weighted by atomic mass is 10.2. The van der Waals surface area contributed by atoms with Gasteiger partial charge < -0.3 is 4.90 Å². The van der Waals surface area contributed by atoms with Crippen LogP contribution in [0.2, 0.25) is 0 Å². The highest BCUT2D eigenvalue weighted by Crippen LogP contribution is 2.27. The molecule has 2 aromatic rings. The van der Waals surface area contributed by atoms with Gasteiger partial charge in [-0.05, 0) is 30.8 Å². The number of nitrogens with zero attached hydrogens (tertiary/aromatic N) is 2. The standard InChI is InChI=1S/C16H16FN3OS/c1-20-9-8-13-14(10-20)22-16(18-13)19-15(21)7-4-11-2-5-12(17)6-3-11/h2-7H,8-10H2,1H3,(H,18,19,21)/b7-4+. The van der Waals surface area contributed by atoms with Crippen LogP contribution in [0.15, 0.2) is 30.3 Å². The normalized spacial score (nSPS) is 15.0. The van der Waals surface area contributed by atoms with Crippen molar-refractivity contribution in [3.8, 4) is 0 Å². The van der Waals surface area contributed by atoms with Crippen molar-refractivity contribution in [2.45, 2.75) is 13.0 Å². The van der Waals surface area contributed by atoms with Gasteiger partial charge in [0.15, 0.2) is 5.13 Å². The maximum absolute atomic E-state index is 12.8. The molecular formula is C16H16FN3OS. The van der Waals surface area contributed by atoms with Gasteiger partial charge in [-0.2, -0.15) is 0 Å². The molecule has 0 atom stereocenters. The number of hydrogen-bond donors (Lipinski definition) is 1. The summed E-state index contributed by atoms with van der Waals surface area (Å²) in [5.41, 5.74) is 1.86. The van der Waals surface area contributed by atoms with E-state index >= 15 is 0 Å². The average molecular weight is 317 g/mol. The molecule has 0 aliphatic carbocycles. The fraction of sp³-hybridized carbons (Fsp3) is 0.250. The van der Waals surface area contributed by atoms with E-state index in [1.165, 1.54) is 34.4 Å². The van der Waals surface area contributed by atoms with E-state index in [4.69, 9.17) is 0 Å². The molecule has 0 unspecified atom stereocenters. The number of anilines is 1. The Morgan fingerprint density at radius 3 is 2.95 bits per heavy atom. The fourth-order valence-electron chi connectivity index (χ4n) is 2.27. The van der Waals surface area contributed by atoms with Crippen LogP contribution in [0, 0.1) is 5.82 Å². The van der Waals surface area contributed by atoms with Crippen LogP contribution in [-0.2, 0) is 17.8 Å². The Hall–Kier alpha value is -2.05. The first-order chi connectivity index (χ1) is 10.6. The molecule has 114 valence electrons. The Morgan fingerprint density at radius 1 is 1.41 bits per heavy atom. The van der Waals surface area contributed by atoms with E-state index in [-0.39, 0.29) is 11.7 Å². The summed E-state index contributed by atoms with van der Waals surface area (Å²) in [5.74, 6) is -0.524. The molecule has 1 aliphatic heterocycles. The molecule has 1 aromatic heterocycles. The van der Waals surface area contributed by atoms with E-state index in [1.54, 1.807) is 18.2 Å². The van der Waals surface area contributed by atoms with Crippen LogP contribution in [0.5, 0.6) is 0 Å². The number of halogens is 1. The SMILES string of the molecule is CN1CCc2nc(NC(=O)/C=C/c3ccc(F)cc3)sc2C1. The van der Waals surface area contributed by atoms with Crippen LogP contribution in [-0.4, -0.2) is 29.4 Å². The third kappa shape index (κ3) is 3.58. The van der Waals surface area contributed by atoms with E-state index < -0.39 is 0 Å². The second-order valence-electron chi connectivity index (χ2n) is 5.25. The molecule has 0 saturated carbocycles. The van der Waals surface area contributed by atoms with Crippen molar-refractivity contribution in [2.75, 3.05) is 18.9 Å². The third-order valence-corrected chi connectivity index (χ3v) is 4.45. The molecule has 0 spiro atoms. The molecule has 0 saturated heterocycles. The molecule has 1 aliphatic rings. The van der Waals surface area contributed by atoms with Gasteiger partial charge >= 0.3 is 0 Å². The van der Waals surface area contributed by atoms with Gasteiger partial charge in [0.25, 0.3) is 0 Å². The molecule has 1 aromatic carbocycles. The summed E-state index contributed by atoms with van der Waals surface area (Å²) in [6.07, 6.45) is 4.00. The minimum Gasteiger partial charge on any atom is -0.301 e. The summed E-state index contributed by atoms with van der Waals surface area (Å²) in [6.45, 7) is 1.88. The maximum Gasteiger partial charge on any atom is 0.250 e. The van der Waals surface area contributed by atoms with Crippen molar-refractivity contribution in [3.63, 3.8) is 0 Å². The van der Waals surface area contributed by atoms with Crippen LogP contribution in [0.4, 0.5) is 9.52 Å². The van der Waals surface area contributed by atoms with E-state index in [9.17, 15) is 9.18 Å². The predicted molar refractivity (Wildman–Crippen MR) is 86.2 cm³/mol. The number of nitrogens with one attached hydrogen (secondary N) is 1. The van der Waals surface area contributed by atoms with Crippen LogP contribution in [0.1, 0.15) is 16.1 Å². The van der Waals surface area contributed by atoms with Crippen LogP contribution in [0.25, 0.3) is 6.08 Å². The van der Waals surface area contributed by atoms with E-state index in [0.717, 1.165) is 30.8 Å². The van der Waals surface area contributed by atoms with Crippen molar-refractivity contribution >= 4 is 28.5 Å². The molecule has 22 heavy (non-hydrogen) atoms. The van der Waals surface area contributed by atoms with Gasteiger partial charge in [0.2, 0.25) is 5.91 Å². The lowest BCUT2D eigenvalue weighted by Crippen LogP contribution is -2.25. The quantitative estimate of drug-likeness (QED) is 0.885. The molecule has 4 nitrogen and oxygen atoms in total. The van der Waals surface area contributed by atoms with Crippen molar-refractivity contribution in [2.24, 2.45) is 0 Å². The fourth-order valence-corrected chi connectivity index (χ4v) is 3.36. The first-order valence-corrected chi connectivity index (χ1v) is 7.83. The molecule has 0 radical (unpaired) electrons. The second-order valence-corrected chi connectivity index (χ2v) is 6.33. The van der Waals surface area contributed by atoms with Gasteiger partial charge in [0.1, 0.15) is 5.82 Å². The number of rotatable bonds is 3. The second kappa shape index (κ2) is 6.37. The van der Waals surface area contributed by atoms with E-state index in [2.05, 4.69) is 22.2 Å². The van der Waals surface area contributed by atoms with Crippen molar-refractivity contribution < 1.29 is 9.18 Å². The number of benzene rings is 1. The molecule has 6 heteroatoms. The average Bonchev–Trinajstić information content (AvgIpc) is 2.88. The Labute approximate surface area is 132 Å². The topological polar surface area (TPSA) is 45.2 Å². The van der Waals surface area contributed by atoms with E-state index in [0.29, 0.717) is 5.13 Å². The Balaban J connectivity index is 1.63. The highest BCUT2D eigenvalue weighted by atomic mass is 32.1. The first kappa shape index (κ1) is 14.9. The number of carbonyl (C=O) groups excluding carboxylic acids is 1.